The molecule has 54 heavy (non-hydrogen) atoms. The molecule has 4 nitrogen and oxygen atoms in total. The first-order chi connectivity index (χ1) is 26.6. The van der Waals surface area contributed by atoms with Crippen molar-refractivity contribution in [3.8, 4) is 27.9 Å². The second-order valence-corrected chi connectivity index (χ2v) is 13.5. The standard InChI is InChI=1S/C50H36N4/c1-34(36-18-20-39(21-19-36)37-12-6-3-7-13-37)32-48(42-26-22-40(23-27-42)38-14-8-4-9-15-38)51-35(2)44-29-25-41-24-28-43-30-31-47-50(49(43)46(41)33-44)53-54(52-47)45-16-10-5-11-17-45/h3-33H,2H2,1H3/b34-32+,51-48+. The lowest BCUT2D eigenvalue weighted by Crippen LogP contribution is -1.99. The molecule has 9 aromatic rings. The summed E-state index contributed by atoms with van der Waals surface area (Å²) in [5.74, 6) is 0. The Labute approximate surface area is 314 Å². The van der Waals surface area contributed by atoms with Gasteiger partial charge in [0.05, 0.1) is 17.1 Å². The van der Waals surface area contributed by atoms with E-state index in [1.165, 1.54) is 16.7 Å². The maximum absolute atomic E-state index is 5.26. The minimum absolute atomic E-state index is 0.680. The van der Waals surface area contributed by atoms with Gasteiger partial charge in [0.2, 0.25) is 0 Å². The predicted octanol–water partition coefficient (Wildman–Crippen LogP) is 12.6. The van der Waals surface area contributed by atoms with E-state index in [4.69, 9.17) is 15.2 Å². The Balaban J connectivity index is 1.13. The van der Waals surface area contributed by atoms with Crippen LogP contribution >= 0.6 is 0 Å². The molecule has 256 valence electrons. The molecule has 1 aromatic heterocycles. The number of fused-ring (bicyclic) bond motifs is 5. The Bertz CT molecular complexity index is 2850. The SMILES string of the molecule is C=C(/N=C(\C=C(/C)c1ccc(-c2ccccc2)cc1)c1ccc(-c2ccccc2)cc1)c1ccc2ccc3ccc4nn(-c5ccccc5)nc4c3c2c1. The summed E-state index contributed by atoms with van der Waals surface area (Å²) < 4.78 is 0. The lowest BCUT2D eigenvalue weighted by atomic mass is 9.97. The molecule has 8 aromatic carbocycles. The molecule has 0 radical (unpaired) electrons. The number of aliphatic imine (C=N–C) groups is 1. The fraction of sp³-hybridized carbons (Fsp3) is 0.0200. The van der Waals surface area contributed by atoms with E-state index < -0.39 is 0 Å². The van der Waals surface area contributed by atoms with E-state index in [-0.39, 0.29) is 0 Å². The van der Waals surface area contributed by atoms with Crippen LogP contribution in [0.5, 0.6) is 0 Å². The monoisotopic (exact) mass is 692 g/mol. The van der Waals surface area contributed by atoms with Crippen LogP contribution < -0.4 is 0 Å². The van der Waals surface area contributed by atoms with Crippen molar-refractivity contribution in [2.24, 2.45) is 4.99 Å². The van der Waals surface area contributed by atoms with Gasteiger partial charge in [0.25, 0.3) is 0 Å². The number of para-hydroxylation sites is 1. The first-order valence-electron chi connectivity index (χ1n) is 18.1. The summed E-state index contributed by atoms with van der Waals surface area (Å²) in [7, 11) is 0. The third-order valence-corrected chi connectivity index (χ3v) is 10.0. The first kappa shape index (κ1) is 32.7. The first-order valence-corrected chi connectivity index (χ1v) is 18.1. The zero-order valence-electron chi connectivity index (χ0n) is 29.9. The fourth-order valence-corrected chi connectivity index (χ4v) is 7.07. The highest BCUT2D eigenvalue weighted by atomic mass is 15.5. The van der Waals surface area contributed by atoms with Crippen molar-refractivity contribution in [2.75, 3.05) is 0 Å². The van der Waals surface area contributed by atoms with Gasteiger partial charge in [-0.25, -0.2) is 4.99 Å². The van der Waals surface area contributed by atoms with E-state index >= 15 is 0 Å². The molecule has 9 rings (SSSR count). The summed E-state index contributed by atoms with van der Waals surface area (Å²) in [4.78, 5) is 6.97. The van der Waals surface area contributed by atoms with Crippen molar-refractivity contribution in [3.05, 3.63) is 211 Å². The summed E-state index contributed by atoms with van der Waals surface area (Å²) in [5.41, 5.74) is 13.1. The van der Waals surface area contributed by atoms with E-state index in [1.807, 2.05) is 48.5 Å². The zero-order valence-corrected chi connectivity index (χ0v) is 29.9. The molecule has 0 aliphatic heterocycles. The van der Waals surface area contributed by atoms with Crippen molar-refractivity contribution < 1.29 is 0 Å². The molecule has 0 aliphatic carbocycles. The van der Waals surface area contributed by atoms with Crippen LogP contribution in [0.4, 0.5) is 0 Å². The average Bonchev–Trinajstić information content (AvgIpc) is 3.69. The Morgan fingerprint density at radius 1 is 0.537 bits per heavy atom. The van der Waals surface area contributed by atoms with Crippen LogP contribution in [0.2, 0.25) is 0 Å². The molecule has 0 spiro atoms. The number of benzene rings is 8. The lowest BCUT2D eigenvalue weighted by Gasteiger charge is -2.11. The number of aromatic nitrogens is 3. The smallest absolute Gasteiger partial charge is 0.122 e. The third kappa shape index (κ3) is 6.42. The number of allylic oxidation sites excluding steroid dienone is 2. The molecule has 0 atom stereocenters. The number of hydrogen-bond acceptors (Lipinski definition) is 3. The number of rotatable bonds is 8. The summed E-state index contributed by atoms with van der Waals surface area (Å²) in [6, 6.07) is 63.2. The van der Waals surface area contributed by atoms with Gasteiger partial charge in [-0.3, -0.25) is 0 Å². The van der Waals surface area contributed by atoms with Crippen molar-refractivity contribution in [2.45, 2.75) is 6.92 Å². The Hall–Kier alpha value is -7.17. The van der Waals surface area contributed by atoms with E-state index in [9.17, 15) is 0 Å². The van der Waals surface area contributed by atoms with Gasteiger partial charge in [0, 0.05) is 16.5 Å². The lowest BCUT2D eigenvalue weighted by molar-refractivity contribution is 0.766. The summed E-state index contributed by atoms with van der Waals surface area (Å²) in [5, 5.41) is 14.2. The highest BCUT2D eigenvalue weighted by molar-refractivity contribution is 6.19. The molecule has 0 fully saturated rings. The molecule has 0 N–H and O–H groups in total. The van der Waals surface area contributed by atoms with Crippen LogP contribution in [0.3, 0.4) is 0 Å². The van der Waals surface area contributed by atoms with Crippen molar-refractivity contribution in [1.29, 1.82) is 0 Å². The molecule has 0 amide bonds. The molecule has 0 aliphatic rings. The molecule has 1 heterocycles. The quantitative estimate of drug-likeness (QED) is 0.117. The topological polar surface area (TPSA) is 43.1 Å². The summed E-state index contributed by atoms with van der Waals surface area (Å²) >= 11 is 0. The Morgan fingerprint density at radius 3 is 1.70 bits per heavy atom. The predicted molar refractivity (Wildman–Crippen MR) is 227 cm³/mol. The minimum atomic E-state index is 0.680. The second kappa shape index (κ2) is 14.1. The van der Waals surface area contributed by atoms with Gasteiger partial charge < -0.3 is 0 Å². The maximum atomic E-state index is 5.26. The van der Waals surface area contributed by atoms with Crippen LogP contribution in [-0.2, 0) is 0 Å². The number of hydrogen-bond donors (Lipinski definition) is 0. The van der Waals surface area contributed by atoms with Crippen molar-refractivity contribution >= 4 is 49.6 Å². The highest BCUT2D eigenvalue weighted by Crippen LogP contribution is 2.33. The van der Waals surface area contributed by atoms with Crippen LogP contribution in [-0.4, -0.2) is 20.7 Å². The normalized spacial score (nSPS) is 12.1. The average molecular weight is 693 g/mol. The molecule has 0 saturated carbocycles. The van der Waals surface area contributed by atoms with Gasteiger partial charge in [-0.15, -0.1) is 10.2 Å². The van der Waals surface area contributed by atoms with Gasteiger partial charge in [-0.1, -0.05) is 164 Å². The largest absolute Gasteiger partial charge is 0.248 e. The molecular weight excluding hydrogens is 657 g/mol. The van der Waals surface area contributed by atoms with E-state index in [0.717, 1.165) is 71.8 Å². The molecule has 4 heteroatoms. The fourth-order valence-electron chi connectivity index (χ4n) is 7.07. The second-order valence-electron chi connectivity index (χ2n) is 13.5. The highest BCUT2D eigenvalue weighted by Gasteiger charge is 2.13. The van der Waals surface area contributed by atoms with Crippen LogP contribution in [0, 0.1) is 0 Å². The van der Waals surface area contributed by atoms with Crippen LogP contribution in [0.25, 0.3) is 71.8 Å². The van der Waals surface area contributed by atoms with E-state index in [1.54, 1.807) is 4.80 Å². The van der Waals surface area contributed by atoms with Crippen LogP contribution in [0.1, 0.15) is 23.6 Å². The van der Waals surface area contributed by atoms with Gasteiger partial charge in [-0.2, -0.15) is 4.80 Å². The van der Waals surface area contributed by atoms with Crippen LogP contribution in [0.15, 0.2) is 200 Å². The zero-order chi connectivity index (χ0) is 36.4. The molecule has 0 bridgehead atoms. The summed E-state index contributed by atoms with van der Waals surface area (Å²) in [6.45, 7) is 6.67. The van der Waals surface area contributed by atoms with E-state index in [0.29, 0.717) is 5.70 Å². The van der Waals surface area contributed by atoms with Crippen molar-refractivity contribution in [3.63, 3.8) is 0 Å². The Morgan fingerprint density at radius 2 is 1.06 bits per heavy atom. The Kier molecular flexibility index (Phi) is 8.54. The third-order valence-electron chi connectivity index (χ3n) is 10.0. The minimum Gasteiger partial charge on any atom is -0.248 e. The van der Waals surface area contributed by atoms with E-state index in [2.05, 4.69) is 153 Å². The summed E-state index contributed by atoms with van der Waals surface area (Å²) in [6.07, 6.45) is 2.17. The molecule has 0 unspecified atom stereocenters. The van der Waals surface area contributed by atoms with Gasteiger partial charge in [-0.05, 0) is 86.8 Å². The molecule has 0 saturated heterocycles. The van der Waals surface area contributed by atoms with Gasteiger partial charge in [0.1, 0.15) is 11.0 Å². The van der Waals surface area contributed by atoms with Crippen molar-refractivity contribution in [1.82, 2.24) is 15.0 Å². The molecular formula is C50H36N4. The van der Waals surface area contributed by atoms with Gasteiger partial charge >= 0.3 is 0 Å². The maximum Gasteiger partial charge on any atom is 0.122 e. The number of nitrogens with zero attached hydrogens (tertiary/aromatic N) is 4. The van der Waals surface area contributed by atoms with Gasteiger partial charge in [0.15, 0.2) is 0 Å².